The van der Waals surface area contributed by atoms with Gasteiger partial charge in [-0.15, -0.1) is 0 Å². The van der Waals surface area contributed by atoms with Crippen molar-refractivity contribution < 1.29 is 9.59 Å². The summed E-state index contributed by atoms with van der Waals surface area (Å²) in [6, 6.07) is 16.5. The van der Waals surface area contributed by atoms with Crippen molar-refractivity contribution >= 4 is 23.6 Å². The van der Waals surface area contributed by atoms with Gasteiger partial charge in [-0.25, -0.2) is 0 Å². The number of rotatable bonds is 6. The van der Waals surface area contributed by atoms with Crippen LogP contribution in [0.4, 0.5) is 5.69 Å². The van der Waals surface area contributed by atoms with Crippen molar-refractivity contribution in [3.05, 3.63) is 71.4 Å². The first-order chi connectivity index (χ1) is 12.4. The normalized spacial score (nSPS) is 11.2. The Kier molecular flexibility index (Phi) is 6.55. The summed E-state index contributed by atoms with van der Waals surface area (Å²) in [4.78, 5) is 26.9. The lowest BCUT2D eigenvalue weighted by Gasteiger charge is -2.14. The summed E-state index contributed by atoms with van der Waals surface area (Å²) in [6.07, 6.45) is 1.68. The van der Waals surface area contributed by atoms with E-state index in [0.29, 0.717) is 5.56 Å². The number of carbonyl (C=O) groups excluding carboxylic acids is 2. The molecule has 0 unspecified atom stereocenters. The molecule has 0 bridgehead atoms. The van der Waals surface area contributed by atoms with E-state index in [-0.39, 0.29) is 23.6 Å². The maximum atomic E-state index is 12.5. The average molecular weight is 351 g/mol. The summed E-state index contributed by atoms with van der Waals surface area (Å²) in [5, 5.41) is 5.54. The van der Waals surface area contributed by atoms with E-state index >= 15 is 0 Å². The number of nitrogens with one attached hydrogen (secondary N) is 2. The molecule has 0 spiro atoms. The summed E-state index contributed by atoms with van der Waals surface area (Å²) in [5.41, 5.74) is 2.60. The minimum absolute atomic E-state index is 0.0318. The van der Waals surface area contributed by atoms with Crippen molar-refractivity contribution in [1.29, 1.82) is 0 Å². The van der Waals surface area contributed by atoms with E-state index in [4.69, 9.17) is 0 Å². The summed E-state index contributed by atoms with van der Waals surface area (Å²) >= 11 is 0. The molecule has 0 aliphatic rings. The van der Waals surface area contributed by atoms with Crippen LogP contribution in [0.25, 0.3) is 6.08 Å². The predicted octanol–water partition coefficient (Wildman–Crippen LogP) is 3.05. The van der Waals surface area contributed by atoms with Gasteiger partial charge in [-0.05, 0) is 49.8 Å². The van der Waals surface area contributed by atoms with E-state index in [9.17, 15) is 9.59 Å². The minimum Gasteiger partial charge on any atom is -0.378 e. The fourth-order valence-electron chi connectivity index (χ4n) is 2.32. The Hall–Kier alpha value is -3.08. The highest BCUT2D eigenvalue weighted by Gasteiger charge is 2.15. The van der Waals surface area contributed by atoms with Gasteiger partial charge in [0.25, 0.3) is 11.8 Å². The maximum Gasteiger partial charge on any atom is 0.268 e. The number of nitrogens with zero attached hydrogens (tertiary/aromatic N) is 1. The Morgan fingerprint density at radius 1 is 0.962 bits per heavy atom. The topological polar surface area (TPSA) is 61.4 Å². The van der Waals surface area contributed by atoms with Crippen LogP contribution >= 0.6 is 0 Å². The zero-order chi connectivity index (χ0) is 19.1. The lowest BCUT2D eigenvalue weighted by molar-refractivity contribution is -0.118. The average Bonchev–Trinajstić information content (AvgIpc) is 2.61. The van der Waals surface area contributed by atoms with Gasteiger partial charge in [0.1, 0.15) is 5.70 Å². The van der Waals surface area contributed by atoms with Crippen LogP contribution in [-0.2, 0) is 4.79 Å². The number of amides is 2. The molecule has 136 valence electrons. The predicted molar refractivity (Wildman–Crippen MR) is 106 cm³/mol. The molecule has 2 rings (SSSR count). The quantitative estimate of drug-likeness (QED) is 0.787. The molecule has 2 N–H and O–H groups in total. The fraction of sp³-hybridized carbons (Fsp3) is 0.238. The summed E-state index contributed by atoms with van der Waals surface area (Å²) in [5.74, 6) is -0.637. The van der Waals surface area contributed by atoms with Crippen LogP contribution < -0.4 is 15.5 Å². The zero-order valence-electron chi connectivity index (χ0n) is 15.6. The third-order valence-electron chi connectivity index (χ3n) is 3.67. The Bertz CT molecular complexity index is 779. The Morgan fingerprint density at radius 3 is 2.12 bits per heavy atom. The lowest BCUT2D eigenvalue weighted by atomic mass is 10.1. The van der Waals surface area contributed by atoms with Crippen molar-refractivity contribution in [2.24, 2.45) is 0 Å². The van der Waals surface area contributed by atoms with Crippen LogP contribution in [0.2, 0.25) is 0 Å². The number of hydrogen-bond donors (Lipinski definition) is 2. The van der Waals surface area contributed by atoms with Gasteiger partial charge in [-0.2, -0.15) is 0 Å². The monoisotopic (exact) mass is 351 g/mol. The van der Waals surface area contributed by atoms with Crippen LogP contribution in [-0.4, -0.2) is 32.0 Å². The van der Waals surface area contributed by atoms with Crippen LogP contribution in [0.5, 0.6) is 0 Å². The first-order valence-electron chi connectivity index (χ1n) is 8.53. The second kappa shape index (κ2) is 8.85. The third-order valence-corrected chi connectivity index (χ3v) is 3.67. The molecule has 5 nitrogen and oxygen atoms in total. The van der Waals surface area contributed by atoms with Gasteiger partial charge in [0.15, 0.2) is 0 Å². The molecule has 0 saturated heterocycles. The zero-order valence-corrected chi connectivity index (χ0v) is 15.6. The molecule has 26 heavy (non-hydrogen) atoms. The van der Waals surface area contributed by atoms with Gasteiger partial charge in [0.2, 0.25) is 0 Å². The van der Waals surface area contributed by atoms with Crippen molar-refractivity contribution in [3.63, 3.8) is 0 Å². The maximum absolute atomic E-state index is 12.5. The molecule has 0 radical (unpaired) electrons. The van der Waals surface area contributed by atoms with Crippen molar-refractivity contribution in [3.8, 4) is 0 Å². The van der Waals surface area contributed by atoms with E-state index in [1.807, 2.05) is 63.2 Å². The minimum atomic E-state index is -0.319. The highest BCUT2D eigenvalue weighted by molar-refractivity contribution is 6.05. The summed E-state index contributed by atoms with van der Waals surface area (Å²) in [6.45, 7) is 3.75. The smallest absolute Gasteiger partial charge is 0.268 e. The standard InChI is InChI=1S/C21H25N3O2/c1-15(2)22-21(26)19(23-20(25)17-8-6-5-7-9-17)14-16-10-12-18(13-11-16)24(3)4/h5-15H,1-4H3,(H,22,26)(H,23,25)/b19-14+. The Morgan fingerprint density at radius 2 is 1.58 bits per heavy atom. The van der Waals surface area contributed by atoms with Gasteiger partial charge in [0, 0.05) is 31.4 Å². The van der Waals surface area contributed by atoms with Crippen molar-refractivity contribution in [1.82, 2.24) is 10.6 Å². The van der Waals surface area contributed by atoms with Gasteiger partial charge >= 0.3 is 0 Å². The molecule has 0 aromatic heterocycles. The van der Waals surface area contributed by atoms with Gasteiger partial charge in [-0.3, -0.25) is 9.59 Å². The molecule has 2 aromatic carbocycles. The van der Waals surface area contributed by atoms with E-state index in [2.05, 4.69) is 10.6 Å². The Labute approximate surface area is 154 Å². The first kappa shape index (κ1) is 19.2. The highest BCUT2D eigenvalue weighted by Crippen LogP contribution is 2.14. The van der Waals surface area contributed by atoms with Crippen LogP contribution in [0, 0.1) is 0 Å². The van der Waals surface area contributed by atoms with E-state index < -0.39 is 0 Å². The van der Waals surface area contributed by atoms with Crippen LogP contribution in [0.15, 0.2) is 60.3 Å². The van der Waals surface area contributed by atoms with Gasteiger partial charge < -0.3 is 15.5 Å². The number of hydrogen-bond acceptors (Lipinski definition) is 3. The largest absolute Gasteiger partial charge is 0.378 e. The van der Waals surface area contributed by atoms with Crippen LogP contribution in [0.3, 0.4) is 0 Å². The van der Waals surface area contributed by atoms with Crippen molar-refractivity contribution in [2.45, 2.75) is 19.9 Å². The first-order valence-corrected chi connectivity index (χ1v) is 8.53. The molecule has 0 fully saturated rings. The third kappa shape index (κ3) is 5.48. The van der Waals surface area contributed by atoms with E-state index in [0.717, 1.165) is 11.3 Å². The molecule has 2 amide bonds. The molecule has 2 aromatic rings. The van der Waals surface area contributed by atoms with Gasteiger partial charge in [-0.1, -0.05) is 30.3 Å². The van der Waals surface area contributed by atoms with Crippen LogP contribution in [0.1, 0.15) is 29.8 Å². The summed E-state index contributed by atoms with van der Waals surface area (Å²) < 4.78 is 0. The highest BCUT2D eigenvalue weighted by atomic mass is 16.2. The fourth-order valence-corrected chi connectivity index (χ4v) is 2.32. The SMILES string of the molecule is CC(C)NC(=O)/C(=C\c1ccc(N(C)C)cc1)NC(=O)c1ccccc1. The number of benzene rings is 2. The van der Waals surface area contributed by atoms with E-state index in [1.54, 1.807) is 30.3 Å². The molecule has 0 aliphatic carbocycles. The van der Waals surface area contributed by atoms with E-state index in [1.165, 1.54) is 0 Å². The molecular weight excluding hydrogens is 326 g/mol. The molecule has 0 atom stereocenters. The van der Waals surface area contributed by atoms with Gasteiger partial charge in [0.05, 0.1) is 0 Å². The number of anilines is 1. The number of carbonyl (C=O) groups is 2. The second-order valence-corrected chi connectivity index (χ2v) is 6.49. The molecular formula is C21H25N3O2. The molecule has 5 heteroatoms. The lowest BCUT2D eigenvalue weighted by Crippen LogP contribution is -2.38. The summed E-state index contributed by atoms with van der Waals surface area (Å²) in [7, 11) is 3.93. The molecule has 0 heterocycles. The molecule has 0 aliphatic heterocycles. The van der Waals surface area contributed by atoms with Crippen molar-refractivity contribution in [2.75, 3.05) is 19.0 Å². The second-order valence-electron chi connectivity index (χ2n) is 6.49. The molecule has 0 saturated carbocycles. The Balaban J connectivity index is 2.28.